The molecular formula is C15H9BrClFN2. The van der Waals surface area contributed by atoms with Gasteiger partial charge < -0.3 is 0 Å². The number of para-hydroxylation sites is 1. The lowest BCUT2D eigenvalue weighted by Gasteiger charge is -2.09. The monoisotopic (exact) mass is 350 g/mol. The molecule has 20 heavy (non-hydrogen) atoms. The summed E-state index contributed by atoms with van der Waals surface area (Å²) in [5.41, 5.74) is 2.92. The maximum absolute atomic E-state index is 13.8. The van der Waals surface area contributed by atoms with Crippen LogP contribution in [0.15, 0.2) is 42.5 Å². The van der Waals surface area contributed by atoms with Gasteiger partial charge in [-0.15, -0.1) is 0 Å². The fraction of sp³-hybridized carbons (Fsp3) is 0.0667. The van der Waals surface area contributed by atoms with Crippen LogP contribution in [-0.2, 0) is 5.33 Å². The number of hydrogen-bond donors (Lipinski definition) is 0. The van der Waals surface area contributed by atoms with Crippen molar-refractivity contribution in [2.24, 2.45) is 0 Å². The van der Waals surface area contributed by atoms with E-state index in [1.807, 2.05) is 18.2 Å². The molecule has 0 aliphatic carbocycles. The van der Waals surface area contributed by atoms with Crippen LogP contribution in [0.4, 0.5) is 4.39 Å². The van der Waals surface area contributed by atoms with Gasteiger partial charge in [-0.1, -0.05) is 51.8 Å². The normalized spacial score (nSPS) is 10.9. The van der Waals surface area contributed by atoms with Gasteiger partial charge in [0.1, 0.15) is 5.52 Å². The van der Waals surface area contributed by atoms with Crippen molar-refractivity contribution >= 4 is 38.6 Å². The molecule has 5 heteroatoms. The fourth-order valence-electron chi connectivity index (χ4n) is 2.04. The smallest absolute Gasteiger partial charge is 0.151 e. The van der Waals surface area contributed by atoms with E-state index < -0.39 is 0 Å². The largest absolute Gasteiger partial charge is 0.245 e. The van der Waals surface area contributed by atoms with Crippen LogP contribution in [0.2, 0.25) is 5.02 Å². The first-order chi connectivity index (χ1) is 9.70. The molecule has 0 bridgehead atoms. The van der Waals surface area contributed by atoms with Gasteiger partial charge in [0, 0.05) is 10.9 Å². The number of aromatic nitrogens is 2. The van der Waals surface area contributed by atoms with Gasteiger partial charge in [-0.2, -0.15) is 0 Å². The molecule has 0 fully saturated rings. The van der Waals surface area contributed by atoms with Crippen molar-refractivity contribution in [2.45, 2.75) is 5.33 Å². The molecule has 0 saturated carbocycles. The van der Waals surface area contributed by atoms with E-state index >= 15 is 0 Å². The molecule has 0 aliphatic rings. The Morgan fingerprint density at radius 3 is 2.60 bits per heavy atom. The summed E-state index contributed by atoms with van der Waals surface area (Å²) >= 11 is 9.59. The molecule has 0 unspecified atom stereocenters. The molecular weight excluding hydrogens is 343 g/mol. The summed E-state index contributed by atoms with van der Waals surface area (Å²) in [6.45, 7) is 0. The van der Waals surface area contributed by atoms with Gasteiger partial charge >= 0.3 is 0 Å². The Morgan fingerprint density at radius 2 is 1.85 bits per heavy atom. The number of halogens is 3. The maximum atomic E-state index is 13.8. The van der Waals surface area contributed by atoms with Crippen LogP contribution in [0.25, 0.3) is 22.3 Å². The summed E-state index contributed by atoms with van der Waals surface area (Å²) in [5, 5.41) is 1.07. The molecule has 0 radical (unpaired) electrons. The minimum Gasteiger partial charge on any atom is -0.245 e. The van der Waals surface area contributed by atoms with E-state index in [1.54, 1.807) is 18.2 Å². The summed E-state index contributed by atoms with van der Waals surface area (Å²) in [5.74, 6) is -0.372. The summed E-state index contributed by atoms with van der Waals surface area (Å²) < 4.78 is 13.8. The highest BCUT2D eigenvalue weighted by atomic mass is 79.9. The van der Waals surface area contributed by atoms with Crippen LogP contribution in [0.1, 0.15) is 5.69 Å². The van der Waals surface area contributed by atoms with Crippen LogP contribution >= 0.6 is 27.5 Å². The molecule has 0 amide bonds. The van der Waals surface area contributed by atoms with Gasteiger partial charge in [-0.25, -0.2) is 14.4 Å². The number of rotatable bonds is 2. The second kappa shape index (κ2) is 5.46. The Balaban J connectivity index is 2.33. The molecule has 0 N–H and O–H groups in total. The molecule has 3 aromatic rings. The van der Waals surface area contributed by atoms with Gasteiger partial charge in [0.25, 0.3) is 0 Å². The highest BCUT2D eigenvalue weighted by Gasteiger charge is 2.14. The highest BCUT2D eigenvalue weighted by molar-refractivity contribution is 9.08. The zero-order chi connectivity index (χ0) is 14.1. The van der Waals surface area contributed by atoms with Gasteiger partial charge in [0.15, 0.2) is 5.82 Å². The first-order valence-corrected chi connectivity index (χ1v) is 7.46. The Bertz CT molecular complexity index is 792. The van der Waals surface area contributed by atoms with Crippen molar-refractivity contribution in [1.29, 1.82) is 0 Å². The molecule has 0 saturated heterocycles. The molecule has 1 aromatic heterocycles. The Kier molecular flexibility index (Phi) is 3.68. The molecule has 2 nitrogen and oxygen atoms in total. The van der Waals surface area contributed by atoms with Crippen molar-refractivity contribution in [3.63, 3.8) is 0 Å². The first-order valence-electron chi connectivity index (χ1n) is 5.96. The fourth-order valence-corrected chi connectivity index (χ4v) is 2.66. The second-order valence-corrected chi connectivity index (χ2v) is 5.21. The van der Waals surface area contributed by atoms with Gasteiger partial charge in [0.2, 0.25) is 0 Å². The van der Waals surface area contributed by atoms with Gasteiger partial charge in [-0.3, -0.25) is 0 Å². The Hall–Kier alpha value is -1.52. The molecule has 3 rings (SSSR count). The van der Waals surface area contributed by atoms with E-state index in [4.69, 9.17) is 11.6 Å². The number of benzene rings is 2. The summed E-state index contributed by atoms with van der Waals surface area (Å²) in [4.78, 5) is 8.89. The van der Waals surface area contributed by atoms with Crippen LogP contribution in [-0.4, -0.2) is 9.97 Å². The average molecular weight is 352 g/mol. The molecule has 0 aliphatic heterocycles. The van der Waals surface area contributed by atoms with E-state index in [1.165, 1.54) is 6.07 Å². The zero-order valence-electron chi connectivity index (χ0n) is 10.3. The number of nitrogens with zero attached hydrogens (tertiary/aromatic N) is 2. The molecule has 100 valence electrons. The summed E-state index contributed by atoms with van der Waals surface area (Å²) in [6.07, 6.45) is 0. The lowest BCUT2D eigenvalue weighted by atomic mass is 10.1. The standard InChI is InChI=1S/C15H9BrClFN2/c16-8-13-14(9-4-1-2-5-10(9)17)19-12-7-3-6-11(18)15(12)20-13/h1-7H,8H2. The zero-order valence-corrected chi connectivity index (χ0v) is 12.6. The first kappa shape index (κ1) is 13.5. The molecule has 0 atom stereocenters. The van der Waals surface area contributed by atoms with Gasteiger partial charge in [0.05, 0.1) is 21.9 Å². The van der Waals surface area contributed by atoms with Crippen molar-refractivity contribution in [2.75, 3.05) is 0 Å². The van der Waals surface area contributed by atoms with Crippen molar-refractivity contribution in [3.05, 3.63) is 59.0 Å². The highest BCUT2D eigenvalue weighted by Crippen LogP contribution is 2.30. The van der Waals surface area contributed by atoms with E-state index in [9.17, 15) is 4.39 Å². The molecule has 1 heterocycles. The predicted octanol–water partition coefficient (Wildman–Crippen LogP) is 4.98. The van der Waals surface area contributed by atoms with E-state index in [0.717, 1.165) is 5.56 Å². The Morgan fingerprint density at radius 1 is 1.05 bits per heavy atom. The number of hydrogen-bond acceptors (Lipinski definition) is 2. The van der Waals surface area contributed by atoms with Crippen molar-refractivity contribution in [1.82, 2.24) is 9.97 Å². The van der Waals surface area contributed by atoms with Gasteiger partial charge in [-0.05, 0) is 18.2 Å². The van der Waals surface area contributed by atoms with Crippen LogP contribution in [0.3, 0.4) is 0 Å². The third-order valence-electron chi connectivity index (χ3n) is 2.97. The number of alkyl halides is 1. The summed E-state index contributed by atoms with van der Waals surface area (Å²) in [6, 6.07) is 12.2. The molecule has 0 spiro atoms. The lowest BCUT2D eigenvalue weighted by Crippen LogP contribution is -1.98. The quantitative estimate of drug-likeness (QED) is 0.608. The minimum atomic E-state index is -0.372. The number of fused-ring (bicyclic) bond motifs is 1. The second-order valence-electron chi connectivity index (χ2n) is 4.24. The topological polar surface area (TPSA) is 25.8 Å². The SMILES string of the molecule is Fc1cccc2nc(-c3ccccc3Cl)c(CBr)nc12. The third kappa shape index (κ3) is 2.30. The van der Waals surface area contributed by atoms with Crippen LogP contribution in [0.5, 0.6) is 0 Å². The lowest BCUT2D eigenvalue weighted by molar-refractivity contribution is 0.636. The van der Waals surface area contributed by atoms with Crippen molar-refractivity contribution < 1.29 is 4.39 Å². The Labute approximate surface area is 128 Å². The van der Waals surface area contributed by atoms with E-state index in [2.05, 4.69) is 25.9 Å². The maximum Gasteiger partial charge on any atom is 0.151 e. The minimum absolute atomic E-state index is 0.276. The van der Waals surface area contributed by atoms with Crippen LogP contribution in [0, 0.1) is 5.82 Å². The third-order valence-corrected chi connectivity index (χ3v) is 3.83. The van der Waals surface area contributed by atoms with Crippen molar-refractivity contribution in [3.8, 4) is 11.3 Å². The van der Waals surface area contributed by atoms with E-state index in [-0.39, 0.29) is 11.3 Å². The predicted molar refractivity (Wildman–Crippen MR) is 82.6 cm³/mol. The average Bonchev–Trinajstić information content (AvgIpc) is 2.47. The van der Waals surface area contributed by atoms with E-state index in [0.29, 0.717) is 27.3 Å². The van der Waals surface area contributed by atoms with Crippen LogP contribution < -0.4 is 0 Å². The molecule has 2 aromatic carbocycles. The summed E-state index contributed by atoms with van der Waals surface area (Å²) in [7, 11) is 0.